The third-order valence-corrected chi connectivity index (χ3v) is 6.24. The second-order valence-electron chi connectivity index (χ2n) is 5.55. The van der Waals surface area contributed by atoms with Crippen molar-refractivity contribution in [3.63, 3.8) is 0 Å². The summed E-state index contributed by atoms with van der Waals surface area (Å²) in [6, 6.07) is 28.5. The second-order valence-corrected chi connectivity index (χ2v) is 7.93. The molecular formula is C22H18NOP. The van der Waals surface area contributed by atoms with E-state index in [0.29, 0.717) is 16.3 Å². The summed E-state index contributed by atoms with van der Waals surface area (Å²) in [6.45, 7) is 1.80. The van der Waals surface area contributed by atoms with Gasteiger partial charge in [0.15, 0.2) is 0 Å². The van der Waals surface area contributed by atoms with Crippen LogP contribution >= 0.6 is 7.29 Å². The van der Waals surface area contributed by atoms with E-state index < -0.39 is 7.29 Å². The number of rotatable bonds is 3. The Morgan fingerprint density at radius 3 is 1.68 bits per heavy atom. The van der Waals surface area contributed by atoms with Crippen LogP contribution < -0.4 is 10.6 Å². The molecule has 25 heavy (non-hydrogen) atoms. The summed E-state index contributed by atoms with van der Waals surface area (Å²) in [7, 11) is -3.12. The van der Waals surface area contributed by atoms with Crippen LogP contribution in [0.3, 0.4) is 0 Å². The van der Waals surface area contributed by atoms with E-state index in [0.717, 1.165) is 5.56 Å². The van der Waals surface area contributed by atoms with Gasteiger partial charge < -0.3 is 0 Å². The highest BCUT2D eigenvalue weighted by atomic mass is 31.2. The van der Waals surface area contributed by atoms with Crippen molar-refractivity contribution in [2.45, 2.75) is 6.92 Å². The Morgan fingerprint density at radius 2 is 1.20 bits per heavy atom. The summed E-state index contributed by atoms with van der Waals surface area (Å²) in [4.78, 5) is 0. The lowest BCUT2D eigenvalue weighted by Crippen LogP contribution is -2.15. The lowest BCUT2D eigenvalue weighted by Gasteiger charge is -2.14. The number of hydrogen-bond donors (Lipinski definition) is 0. The maximum Gasteiger partial charge on any atom is 0.248 e. The van der Waals surface area contributed by atoms with Crippen LogP contribution in [0.25, 0.3) is 0 Å². The third kappa shape index (κ3) is 4.15. The first kappa shape index (κ1) is 17.0. The molecule has 2 nitrogen and oxygen atoms in total. The fourth-order valence-corrected chi connectivity index (χ4v) is 4.60. The highest BCUT2D eigenvalue weighted by molar-refractivity contribution is 7.77. The van der Waals surface area contributed by atoms with Crippen molar-refractivity contribution in [3.05, 3.63) is 96.6 Å². The van der Waals surface area contributed by atoms with Crippen LogP contribution in [0.2, 0.25) is 0 Å². The Kier molecular flexibility index (Phi) is 5.29. The molecule has 0 heterocycles. The Hall–Kier alpha value is -2.88. The fraction of sp³-hybridized carbons (Fsp3) is 0.0455. The van der Waals surface area contributed by atoms with E-state index in [-0.39, 0.29) is 0 Å². The minimum absolute atomic E-state index is 0.555. The Labute approximate surface area is 148 Å². The average Bonchev–Trinajstić information content (AvgIpc) is 2.68. The molecule has 0 N–H and O–H groups in total. The topological polar surface area (TPSA) is 29.4 Å². The molecule has 0 radical (unpaired) electrons. The molecule has 0 saturated heterocycles. The third-order valence-electron chi connectivity index (χ3n) is 3.66. The predicted octanol–water partition coefficient (Wildman–Crippen LogP) is 4.43. The van der Waals surface area contributed by atoms with E-state index >= 15 is 0 Å². The standard InChI is InChI=1S/C22H18NOP/c1-19(17-18-20-11-5-2-6-12-20)23-25(24,21-13-7-3-8-14-21)22-15-9-4-10-16-22/h2-16H,1H3/b23-19-. The van der Waals surface area contributed by atoms with Crippen molar-refractivity contribution in [1.82, 2.24) is 0 Å². The summed E-state index contributed by atoms with van der Waals surface area (Å²) in [5.74, 6) is 6.09. The van der Waals surface area contributed by atoms with Crippen molar-refractivity contribution in [3.8, 4) is 11.8 Å². The summed E-state index contributed by atoms with van der Waals surface area (Å²) in [5.41, 5.74) is 1.46. The van der Waals surface area contributed by atoms with Crippen molar-refractivity contribution in [1.29, 1.82) is 0 Å². The van der Waals surface area contributed by atoms with Gasteiger partial charge in [-0.1, -0.05) is 60.5 Å². The van der Waals surface area contributed by atoms with Gasteiger partial charge in [0.1, 0.15) is 0 Å². The zero-order valence-corrected chi connectivity index (χ0v) is 14.9. The second kappa shape index (κ2) is 7.79. The van der Waals surface area contributed by atoms with Gasteiger partial charge in [0.25, 0.3) is 0 Å². The number of nitrogens with zero attached hydrogens (tertiary/aromatic N) is 1. The largest absolute Gasteiger partial charge is 0.288 e. The highest BCUT2D eigenvalue weighted by Gasteiger charge is 2.26. The zero-order chi connectivity index (χ0) is 17.5. The maximum atomic E-state index is 13.8. The van der Waals surface area contributed by atoms with Crippen molar-refractivity contribution >= 4 is 23.6 Å². The molecule has 122 valence electrons. The van der Waals surface area contributed by atoms with Crippen LogP contribution in [-0.4, -0.2) is 5.71 Å². The smallest absolute Gasteiger partial charge is 0.248 e. The Bertz CT molecular complexity index is 925. The van der Waals surface area contributed by atoms with E-state index in [2.05, 4.69) is 16.6 Å². The molecule has 0 unspecified atom stereocenters. The first-order valence-corrected chi connectivity index (χ1v) is 9.70. The quantitative estimate of drug-likeness (QED) is 0.393. The molecule has 0 spiro atoms. The summed E-state index contributed by atoms with van der Waals surface area (Å²) in [5, 5.41) is 1.42. The van der Waals surface area contributed by atoms with Gasteiger partial charge in [0.05, 0.1) is 5.71 Å². The zero-order valence-electron chi connectivity index (χ0n) is 14.0. The monoisotopic (exact) mass is 343 g/mol. The molecule has 0 bridgehead atoms. The molecule has 0 atom stereocenters. The first-order chi connectivity index (χ1) is 12.2. The van der Waals surface area contributed by atoms with Crippen molar-refractivity contribution < 1.29 is 4.57 Å². The molecule has 3 aromatic carbocycles. The molecule has 0 aromatic heterocycles. The van der Waals surface area contributed by atoms with E-state index in [9.17, 15) is 4.57 Å². The van der Waals surface area contributed by atoms with E-state index in [1.165, 1.54) is 0 Å². The molecule has 3 aromatic rings. The minimum Gasteiger partial charge on any atom is -0.288 e. The molecule has 0 fully saturated rings. The van der Waals surface area contributed by atoms with Gasteiger partial charge in [-0.3, -0.25) is 4.57 Å². The molecule has 0 saturated carbocycles. The van der Waals surface area contributed by atoms with Gasteiger partial charge in [-0.25, -0.2) is 4.76 Å². The first-order valence-electron chi connectivity index (χ1n) is 8.04. The van der Waals surface area contributed by atoms with E-state index in [1.54, 1.807) is 6.92 Å². The van der Waals surface area contributed by atoms with Crippen molar-refractivity contribution in [2.75, 3.05) is 0 Å². The molecule has 0 amide bonds. The van der Waals surface area contributed by atoms with Gasteiger partial charge in [-0.05, 0) is 49.2 Å². The minimum atomic E-state index is -3.12. The number of hydrogen-bond acceptors (Lipinski definition) is 1. The van der Waals surface area contributed by atoms with Crippen LogP contribution in [0.4, 0.5) is 0 Å². The molecular weight excluding hydrogens is 325 g/mol. The predicted molar refractivity (Wildman–Crippen MR) is 106 cm³/mol. The summed E-state index contributed by atoms with van der Waals surface area (Å²) >= 11 is 0. The van der Waals surface area contributed by atoms with E-state index in [4.69, 9.17) is 0 Å². The average molecular weight is 343 g/mol. The van der Waals surface area contributed by atoms with Gasteiger partial charge in [-0.15, -0.1) is 0 Å². The lowest BCUT2D eigenvalue weighted by molar-refractivity contribution is 0.588. The van der Waals surface area contributed by atoms with Gasteiger partial charge >= 0.3 is 0 Å². The van der Waals surface area contributed by atoms with E-state index in [1.807, 2.05) is 91.0 Å². The SMILES string of the molecule is C/C(C#Cc1ccccc1)=N/P(=O)(c1ccccc1)c1ccccc1. The van der Waals surface area contributed by atoms with Crippen LogP contribution in [0.15, 0.2) is 95.8 Å². The molecule has 3 rings (SSSR count). The highest BCUT2D eigenvalue weighted by Crippen LogP contribution is 2.45. The summed E-state index contributed by atoms with van der Waals surface area (Å²) < 4.78 is 18.3. The summed E-state index contributed by atoms with van der Waals surface area (Å²) in [6.07, 6.45) is 0. The van der Waals surface area contributed by atoms with Crippen LogP contribution in [0, 0.1) is 11.8 Å². The molecule has 0 aliphatic carbocycles. The van der Waals surface area contributed by atoms with Crippen LogP contribution in [0.5, 0.6) is 0 Å². The molecule has 3 heteroatoms. The maximum absolute atomic E-state index is 13.8. The Morgan fingerprint density at radius 1 is 0.760 bits per heavy atom. The lowest BCUT2D eigenvalue weighted by atomic mass is 10.2. The molecule has 0 aliphatic heterocycles. The van der Waals surface area contributed by atoms with Crippen LogP contribution in [-0.2, 0) is 4.57 Å². The molecule has 0 aliphatic rings. The fourth-order valence-electron chi connectivity index (χ4n) is 2.44. The van der Waals surface area contributed by atoms with Crippen molar-refractivity contribution in [2.24, 2.45) is 4.76 Å². The van der Waals surface area contributed by atoms with Gasteiger partial charge in [0.2, 0.25) is 7.29 Å². The van der Waals surface area contributed by atoms with Gasteiger partial charge in [0, 0.05) is 16.2 Å². The number of benzene rings is 3. The Balaban J connectivity index is 2.05. The normalized spacial score (nSPS) is 11.5. The van der Waals surface area contributed by atoms with Gasteiger partial charge in [-0.2, -0.15) is 0 Å². The van der Waals surface area contributed by atoms with Crippen LogP contribution in [0.1, 0.15) is 12.5 Å².